The van der Waals surface area contributed by atoms with E-state index in [1.165, 1.54) is 6.42 Å². The smallest absolute Gasteiger partial charge is 0.0826 e. The van der Waals surface area contributed by atoms with Gasteiger partial charge in [-0.15, -0.1) is 0 Å². The number of rotatable bonds is 6. The van der Waals surface area contributed by atoms with E-state index in [1.807, 2.05) is 0 Å². The van der Waals surface area contributed by atoms with Crippen LogP contribution >= 0.6 is 15.9 Å². The molecule has 90 valence electrons. The van der Waals surface area contributed by atoms with E-state index in [4.69, 9.17) is 4.74 Å². The van der Waals surface area contributed by atoms with Crippen LogP contribution in [-0.4, -0.2) is 55.2 Å². The summed E-state index contributed by atoms with van der Waals surface area (Å²) in [6.45, 7) is 9.59. The van der Waals surface area contributed by atoms with Crippen molar-refractivity contribution in [2.24, 2.45) is 0 Å². The van der Waals surface area contributed by atoms with E-state index >= 15 is 0 Å². The van der Waals surface area contributed by atoms with Crippen LogP contribution in [0.4, 0.5) is 0 Å². The fraction of sp³-hybridized carbons (Fsp3) is 1.00. The summed E-state index contributed by atoms with van der Waals surface area (Å²) in [5, 5.41) is 4.51. The minimum absolute atomic E-state index is 0.372. The van der Waals surface area contributed by atoms with Crippen molar-refractivity contribution < 1.29 is 4.74 Å². The second kappa shape index (κ2) is 7.60. The minimum atomic E-state index is 0.372. The normalized spacial score (nSPS) is 23.6. The van der Waals surface area contributed by atoms with Crippen LogP contribution in [0.25, 0.3) is 0 Å². The molecule has 1 N–H and O–H groups in total. The molecule has 0 radical (unpaired) electrons. The van der Waals surface area contributed by atoms with Gasteiger partial charge >= 0.3 is 0 Å². The monoisotopic (exact) mass is 278 g/mol. The average molecular weight is 279 g/mol. The highest BCUT2D eigenvalue weighted by Gasteiger charge is 2.21. The molecule has 1 aliphatic heterocycles. The first-order chi connectivity index (χ1) is 7.24. The van der Waals surface area contributed by atoms with Crippen LogP contribution in [0.5, 0.6) is 0 Å². The molecule has 1 fully saturated rings. The highest BCUT2D eigenvalue weighted by Crippen LogP contribution is 2.07. The van der Waals surface area contributed by atoms with Gasteiger partial charge in [0, 0.05) is 31.0 Å². The fourth-order valence-electron chi connectivity index (χ4n) is 1.79. The first-order valence-corrected chi connectivity index (χ1v) is 6.98. The number of hydrogen-bond donors (Lipinski definition) is 1. The highest BCUT2D eigenvalue weighted by atomic mass is 79.9. The molecular formula is C11H23BrN2O. The molecule has 15 heavy (non-hydrogen) atoms. The molecule has 1 rings (SSSR count). The third-order valence-corrected chi connectivity index (χ3v) is 3.32. The van der Waals surface area contributed by atoms with Gasteiger partial charge < -0.3 is 10.1 Å². The molecule has 1 unspecified atom stereocenters. The third kappa shape index (κ3) is 5.29. The van der Waals surface area contributed by atoms with Crippen LogP contribution in [0, 0.1) is 0 Å². The second-order valence-corrected chi connectivity index (χ2v) is 5.12. The molecule has 0 spiro atoms. The Morgan fingerprint density at radius 3 is 3.00 bits per heavy atom. The lowest BCUT2D eigenvalue weighted by molar-refractivity contribution is -0.0370. The van der Waals surface area contributed by atoms with Crippen molar-refractivity contribution in [3.8, 4) is 0 Å². The fourth-order valence-corrected chi connectivity index (χ4v) is 2.07. The number of hydrogen-bond acceptors (Lipinski definition) is 3. The summed E-state index contributed by atoms with van der Waals surface area (Å²) in [5.74, 6) is 0. The molecule has 4 heteroatoms. The molecule has 0 aliphatic carbocycles. The van der Waals surface area contributed by atoms with E-state index in [0.29, 0.717) is 12.1 Å². The number of nitrogens with one attached hydrogen (secondary N) is 1. The predicted molar refractivity (Wildman–Crippen MR) is 67.7 cm³/mol. The lowest BCUT2D eigenvalue weighted by atomic mass is 10.2. The second-order valence-electron chi connectivity index (χ2n) is 4.33. The SMILES string of the molecule is CC(C)N1CCOC(CNCCCBr)C1. The molecule has 0 aromatic rings. The summed E-state index contributed by atoms with van der Waals surface area (Å²) in [6, 6.07) is 0.638. The minimum Gasteiger partial charge on any atom is -0.374 e. The summed E-state index contributed by atoms with van der Waals surface area (Å²) in [5.41, 5.74) is 0. The molecule has 0 aromatic carbocycles. The van der Waals surface area contributed by atoms with Crippen molar-refractivity contribution >= 4 is 15.9 Å². The van der Waals surface area contributed by atoms with E-state index in [-0.39, 0.29) is 0 Å². The van der Waals surface area contributed by atoms with Gasteiger partial charge in [-0.25, -0.2) is 0 Å². The molecule has 3 nitrogen and oxygen atoms in total. The third-order valence-electron chi connectivity index (χ3n) is 2.76. The van der Waals surface area contributed by atoms with Crippen molar-refractivity contribution in [3.63, 3.8) is 0 Å². The van der Waals surface area contributed by atoms with Crippen LogP contribution in [0.1, 0.15) is 20.3 Å². The zero-order valence-corrected chi connectivity index (χ0v) is 11.4. The van der Waals surface area contributed by atoms with E-state index in [2.05, 4.69) is 40.0 Å². The van der Waals surface area contributed by atoms with Gasteiger partial charge in [0.15, 0.2) is 0 Å². The zero-order chi connectivity index (χ0) is 11.1. The van der Waals surface area contributed by atoms with Crippen molar-refractivity contribution in [1.82, 2.24) is 10.2 Å². The van der Waals surface area contributed by atoms with Gasteiger partial charge in [-0.2, -0.15) is 0 Å². The van der Waals surface area contributed by atoms with E-state index in [0.717, 1.165) is 38.1 Å². The quantitative estimate of drug-likeness (QED) is 0.588. The Hall–Kier alpha value is 0.360. The molecule has 0 aromatic heterocycles. The van der Waals surface area contributed by atoms with Gasteiger partial charge in [-0.3, -0.25) is 4.90 Å². The maximum atomic E-state index is 5.72. The molecule has 1 aliphatic rings. The molecule has 0 amide bonds. The summed E-state index contributed by atoms with van der Waals surface area (Å²) in [6.07, 6.45) is 1.55. The van der Waals surface area contributed by atoms with Gasteiger partial charge in [-0.1, -0.05) is 15.9 Å². The van der Waals surface area contributed by atoms with Crippen LogP contribution in [-0.2, 0) is 4.74 Å². The van der Waals surface area contributed by atoms with Crippen molar-refractivity contribution in [2.45, 2.75) is 32.4 Å². The molecule has 0 saturated carbocycles. The Balaban J connectivity index is 2.13. The largest absolute Gasteiger partial charge is 0.374 e. The Kier molecular flexibility index (Phi) is 6.81. The van der Waals surface area contributed by atoms with Gasteiger partial charge in [0.05, 0.1) is 12.7 Å². The lowest BCUT2D eigenvalue weighted by Gasteiger charge is -2.35. The van der Waals surface area contributed by atoms with Crippen LogP contribution < -0.4 is 5.32 Å². The molecule has 1 atom stereocenters. The summed E-state index contributed by atoms with van der Waals surface area (Å²) in [4.78, 5) is 2.49. The maximum Gasteiger partial charge on any atom is 0.0826 e. The zero-order valence-electron chi connectivity index (χ0n) is 9.84. The summed E-state index contributed by atoms with van der Waals surface area (Å²) >= 11 is 3.42. The van der Waals surface area contributed by atoms with Crippen LogP contribution in [0.15, 0.2) is 0 Å². The molecular weight excluding hydrogens is 256 g/mol. The number of alkyl halides is 1. The molecule has 0 bridgehead atoms. The topological polar surface area (TPSA) is 24.5 Å². The van der Waals surface area contributed by atoms with Crippen molar-refractivity contribution in [1.29, 1.82) is 0 Å². The molecule has 1 heterocycles. The first kappa shape index (κ1) is 13.4. The maximum absolute atomic E-state index is 5.72. The highest BCUT2D eigenvalue weighted by molar-refractivity contribution is 9.09. The van der Waals surface area contributed by atoms with E-state index in [9.17, 15) is 0 Å². The first-order valence-electron chi connectivity index (χ1n) is 5.86. The number of nitrogens with zero attached hydrogens (tertiary/aromatic N) is 1. The Bertz CT molecular complexity index is 167. The molecule has 1 saturated heterocycles. The van der Waals surface area contributed by atoms with Crippen molar-refractivity contribution in [3.05, 3.63) is 0 Å². The lowest BCUT2D eigenvalue weighted by Crippen LogP contribution is -2.49. The van der Waals surface area contributed by atoms with E-state index in [1.54, 1.807) is 0 Å². The van der Waals surface area contributed by atoms with Crippen molar-refractivity contribution in [2.75, 3.05) is 38.1 Å². The van der Waals surface area contributed by atoms with Gasteiger partial charge in [0.1, 0.15) is 0 Å². The number of halogens is 1. The van der Waals surface area contributed by atoms with Gasteiger partial charge in [-0.05, 0) is 26.8 Å². The number of morpholine rings is 1. The Morgan fingerprint density at radius 1 is 1.53 bits per heavy atom. The van der Waals surface area contributed by atoms with E-state index < -0.39 is 0 Å². The van der Waals surface area contributed by atoms with Crippen LogP contribution in [0.2, 0.25) is 0 Å². The van der Waals surface area contributed by atoms with Gasteiger partial charge in [0.2, 0.25) is 0 Å². The van der Waals surface area contributed by atoms with Gasteiger partial charge in [0.25, 0.3) is 0 Å². The Morgan fingerprint density at radius 2 is 2.33 bits per heavy atom. The standard InChI is InChI=1S/C11H23BrN2O/c1-10(2)14-6-7-15-11(9-14)8-13-5-3-4-12/h10-11,13H,3-9H2,1-2H3. The predicted octanol–water partition coefficient (Wildman–Crippen LogP) is 1.47. The summed E-state index contributed by atoms with van der Waals surface area (Å²) in [7, 11) is 0. The Labute approximate surface area is 102 Å². The summed E-state index contributed by atoms with van der Waals surface area (Å²) < 4.78 is 5.72. The number of ether oxygens (including phenoxy) is 1. The van der Waals surface area contributed by atoms with Crippen LogP contribution in [0.3, 0.4) is 0 Å². The average Bonchev–Trinajstić information content (AvgIpc) is 2.25.